The third-order valence-electron chi connectivity index (χ3n) is 7.88. The molecule has 7 nitrogen and oxygen atoms in total. The summed E-state index contributed by atoms with van der Waals surface area (Å²) >= 11 is 1.24. The highest BCUT2D eigenvalue weighted by Crippen LogP contribution is 2.41. The normalized spacial score (nSPS) is 17.4. The highest BCUT2D eigenvalue weighted by Gasteiger charge is 2.41. The second kappa shape index (κ2) is 11.4. The van der Waals surface area contributed by atoms with Crippen molar-refractivity contribution in [2.24, 2.45) is 4.03 Å². The topological polar surface area (TPSA) is 93.0 Å². The number of benzene rings is 1. The van der Waals surface area contributed by atoms with E-state index in [2.05, 4.69) is 77.4 Å². The molecule has 3 unspecified atom stereocenters. The first-order valence-electron chi connectivity index (χ1n) is 13.1. The fourth-order valence-electron chi connectivity index (χ4n) is 3.02. The summed E-state index contributed by atoms with van der Waals surface area (Å²) in [7, 11) is -5.83. The molecule has 216 valence electrons. The van der Waals surface area contributed by atoms with Crippen molar-refractivity contribution in [3.63, 3.8) is 0 Å². The number of thiazole rings is 1. The number of aromatic nitrogens is 1. The Labute approximate surface area is 237 Å². The number of hydrogen-bond donors (Lipinski definition) is 2. The van der Waals surface area contributed by atoms with Crippen LogP contribution in [0.4, 0.5) is 0 Å². The molecular formula is C27H49N3O4S2Si2. The number of methoxy groups -OCH3 is 1. The summed E-state index contributed by atoms with van der Waals surface area (Å²) in [5.41, 5.74) is -0.333. The summed E-state index contributed by atoms with van der Waals surface area (Å²) < 4.78 is 35.3. The Morgan fingerprint density at radius 3 is 2.08 bits per heavy atom. The molecule has 0 saturated carbocycles. The third kappa shape index (κ3) is 7.76. The van der Waals surface area contributed by atoms with Crippen LogP contribution in [0.5, 0.6) is 5.75 Å². The number of rotatable bonds is 10. The van der Waals surface area contributed by atoms with Crippen LogP contribution in [0.3, 0.4) is 0 Å². The molecule has 0 radical (unpaired) electrons. The molecule has 0 aliphatic heterocycles. The van der Waals surface area contributed by atoms with Crippen LogP contribution >= 0.6 is 11.3 Å². The molecule has 1 aromatic carbocycles. The lowest BCUT2D eigenvalue weighted by atomic mass is 10.1. The Balaban J connectivity index is 2.50. The number of nitrogens with zero attached hydrogens (tertiary/aromatic N) is 2. The quantitative estimate of drug-likeness (QED) is 0.276. The lowest BCUT2D eigenvalue weighted by Crippen LogP contribution is -2.44. The Bertz CT molecular complexity index is 1200. The molecule has 11 heteroatoms. The predicted octanol–water partition coefficient (Wildman–Crippen LogP) is 7.48. The van der Waals surface area contributed by atoms with E-state index in [1.165, 1.54) is 11.3 Å². The van der Waals surface area contributed by atoms with E-state index in [1.807, 2.05) is 31.2 Å². The van der Waals surface area contributed by atoms with Crippen molar-refractivity contribution in [2.75, 3.05) is 13.7 Å². The van der Waals surface area contributed by atoms with E-state index < -0.39 is 32.1 Å². The summed E-state index contributed by atoms with van der Waals surface area (Å²) in [6, 6.07) is 7.47. The van der Waals surface area contributed by atoms with Gasteiger partial charge in [0.2, 0.25) is 0 Å². The molecule has 3 atom stereocenters. The average Bonchev–Trinajstić information content (AvgIpc) is 3.28. The zero-order chi connectivity index (χ0) is 29.4. The SMILES string of the molecule is COc1ccc(C(C)NS(=O)(=N[Si](C)(C)C(C)(C)C)c2cnc(C(C)(O)CO[Si](C)(C)C(C)(C)C)s2)cc1. The largest absolute Gasteiger partial charge is 0.497 e. The number of ether oxygens (including phenoxy) is 1. The van der Waals surface area contributed by atoms with E-state index in [0.717, 1.165) is 11.3 Å². The van der Waals surface area contributed by atoms with E-state index in [4.69, 9.17) is 13.2 Å². The zero-order valence-corrected chi connectivity index (χ0v) is 29.2. The fourth-order valence-corrected chi connectivity index (χ4v) is 11.1. The van der Waals surface area contributed by atoms with E-state index in [-0.39, 0.29) is 22.7 Å². The molecule has 38 heavy (non-hydrogen) atoms. The first-order valence-corrected chi connectivity index (χ1v) is 21.3. The summed E-state index contributed by atoms with van der Waals surface area (Å²) in [5.74, 6) is 0.766. The molecule has 1 aromatic heterocycles. The van der Waals surface area contributed by atoms with Crippen LogP contribution in [-0.4, -0.2) is 44.6 Å². The van der Waals surface area contributed by atoms with Gasteiger partial charge in [0.15, 0.2) is 16.6 Å². The second-order valence-electron chi connectivity index (χ2n) is 13.3. The van der Waals surface area contributed by atoms with Crippen LogP contribution in [0.2, 0.25) is 36.3 Å². The van der Waals surface area contributed by atoms with Gasteiger partial charge in [-0.3, -0.25) is 4.03 Å². The maximum atomic E-state index is 14.7. The fraction of sp³-hybridized carbons (Fsp3) is 0.667. The predicted molar refractivity (Wildman–Crippen MR) is 165 cm³/mol. The standard InChI is InChI=1S/C27H49N3O4S2Si2/c1-20(21-14-16-22(33-9)17-15-21)29-36(32,30-37(10,11)25(2,3)4)23-18-28-24(35-23)27(8,31)19-34-38(12,13)26(5,6)7/h14-18,20,31H,19H2,1-13H3,(H,29,30,32). The van der Waals surface area contributed by atoms with E-state index in [9.17, 15) is 9.32 Å². The van der Waals surface area contributed by atoms with Gasteiger partial charge in [-0.15, -0.1) is 11.3 Å². The lowest BCUT2D eigenvalue weighted by Gasteiger charge is -2.38. The van der Waals surface area contributed by atoms with E-state index in [1.54, 1.807) is 20.2 Å². The highest BCUT2D eigenvalue weighted by atomic mass is 32.2. The number of aliphatic hydroxyl groups is 1. The van der Waals surface area contributed by atoms with Crippen LogP contribution < -0.4 is 9.46 Å². The Hall–Kier alpha value is -1.09. The van der Waals surface area contributed by atoms with Crippen molar-refractivity contribution in [3.05, 3.63) is 41.0 Å². The maximum absolute atomic E-state index is 14.7. The molecule has 1 heterocycles. The van der Waals surface area contributed by atoms with Crippen molar-refractivity contribution in [1.29, 1.82) is 0 Å². The summed E-state index contributed by atoms with van der Waals surface area (Å²) in [4.78, 5) is 4.54. The lowest BCUT2D eigenvalue weighted by molar-refractivity contribution is 0.00244. The number of nitrogens with one attached hydrogen (secondary N) is 1. The van der Waals surface area contributed by atoms with Gasteiger partial charge >= 0.3 is 0 Å². The van der Waals surface area contributed by atoms with Gasteiger partial charge in [-0.2, -0.15) is 0 Å². The molecule has 2 aromatic rings. The second-order valence-corrected chi connectivity index (χ2v) is 26.5. The van der Waals surface area contributed by atoms with Crippen LogP contribution in [0.1, 0.15) is 72.0 Å². The Morgan fingerprint density at radius 2 is 1.61 bits per heavy atom. The van der Waals surface area contributed by atoms with Gasteiger partial charge in [0.1, 0.15) is 30.5 Å². The van der Waals surface area contributed by atoms with Crippen LogP contribution in [0.25, 0.3) is 0 Å². The number of hydrogen-bond acceptors (Lipinski definition) is 7. The molecule has 0 saturated heterocycles. The monoisotopic (exact) mass is 599 g/mol. The van der Waals surface area contributed by atoms with Gasteiger partial charge in [-0.25, -0.2) is 13.9 Å². The first kappa shape index (κ1) is 33.1. The average molecular weight is 600 g/mol. The van der Waals surface area contributed by atoms with Crippen molar-refractivity contribution in [1.82, 2.24) is 9.71 Å². The molecule has 0 bridgehead atoms. The van der Waals surface area contributed by atoms with Crippen LogP contribution in [0, 0.1) is 0 Å². The van der Waals surface area contributed by atoms with Crippen molar-refractivity contribution >= 4 is 37.8 Å². The van der Waals surface area contributed by atoms with Gasteiger partial charge in [-0.05, 0) is 67.8 Å². The zero-order valence-electron chi connectivity index (χ0n) is 25.6. The molecule has 0 aliphatic rings. The van der Waals surface area contributed by atoms with Gasteiger partial charge in [0.25, 0.3) is 0 Å². The first-order chi connectivity index (χ1) is 17.0. The molecule has 2 rings (SSSR count). The summed E-state index contributed by atoms with van der Waals surface area (Å²) in [6.45, 7) is 25.4. The molecule has 0 fully saturated rings. The van der Waals surface area contributed by atoms with Gasteiger partial charge in [0, 0.05) is 6.04 Å². The summed E-state index contributed by atoms with van der Waals surface area (Å²) in [6.07, 6.45) is 1.60. The highest BCUT2D eigenvalue weighted by molar-refractivity contribution is 7.94. The Kier molecular flexibility index (Phi) is 9.95. The minimum atomic E-state index is -3.06. The molecule has 2 N–H and O–H groups in total. The van der Waals surface area contributed by atoms with Crippen molar-refractivity contribution in [2.45, 2.75) is 108 Å². The van der Waals surface area contributed by atoms with Gasteiger partial charge in [0.05, 0.1) is 19.9 Å². The molecular weight excluding hydrogens is 551 g/mol. The molecule has 0 amide bonds. The van der Waals surface area contributed by atoms with E-state index >= 15 is 0 Å². The van der Waals surface area contributed by atoms with Crippen LogP contribution in [-0.2, 0) is 19.9 Å². The minimum absolute atomic E-state index is 0.0228. The van der Waals surface area contributed by atoms with Gasteiger partial charge < -0.3 is 14.3 Å². The van der Waals surface area contributed by atoms with Gasteiger partial charge in [-0.1, -0.05) is 53.7 Å². The molecule has 0 aliphatic carbocycles. The summed E-state index contributed by atoms with van der Waals surface area (Å²) in [5, 5.41) is 11.8. The Morgan fingerprint density at radius 1 is 1.05 bits per heavy atom. The van der Waals surface area contributed by atoms with E-state index in [0.29, 0.717) is 9.22 Å². The third-order valence-corrected chi connectivity index (χ3v) is 22.2. The van der Waals surface area contributed by atoms with Crippen molar-refractivity contribution in [3.8, 4) is 5.75 Å². The maximum Gasteiger partial charge on any atom is 0.195 e. The smallest absolute Gasteiger partial charge is 0.195 e. The molecule has 0 spiro atoms. The minimum Gasteiger partial charge on any atom is -0.497 e. The van der Waals surface area contributed by atoms with Crippen LogP contribution in [0.15, 0.2) is 38.7 Å². The van der Waals surface area contributed by atoms with Crippen molar-refractivity contribution < 1.29 is 18.5 Å².